The highest BCUT2D eigenvalue weighted by Gasteiger charge is 2.16. The number of aromatic nitrogens is 3. The summed E-state index contributed by atoms with van der Waals surface area (Å²) < 4.78 is 1.68. The Morgan fingerprint density at radius 2 is 2.09 bits per heavy atom. The summed E-state index contributed by atoms with van der Waals surface area (Å²) in [6, 6.07) is 4.20. The van der Waals surface area contributed by atoms with E-state index < -0.39 is 10.8 Å². The van der Waals surface area contributed by atoms with Crippen LogP contribution in [-0.2, 0) is 0 Å². The molecule has 0 unspecified atom stereocenters. The molecule has 1 amide bonds. The summed E-state index contributed by atoms with van der Waals surface area (Å²) in [4.78, 5) is 28.6. The average molecular weight is 331 g/mol. The lowest BCUT2D eigenvalue weighted by molar-refractivity contribution is -0.385. The molecule has 0 saturated carbocycles. The molecule has 0 spiro atoms. The zero-order valence-electron chi connectivity index (χ0n) is 12.7. The van der Waals surface area contributed by atoms with Crippen LogP contribution in [0.3, 0.4) is 0 Å². The first kappa shape index (κ1) is 15.1. The van der Waals surface area contributed by atoms with E-state index in [4.69, 9.17) is 0 Å². The number of carbonyl (C=O) groups excluding carboxylic acids is 1. The van der Waals surface area contributed by atoms with Gasteiger partial charge in [-0.1, -0.05) is 11.3 Å². The Hall–Kier alpha value is -2.81. The van der Waals surface area contributed by atoms with Gasteiger partial charge in [-0.3, -0.25) is 20.2 Å². The van der Waals surface area contributed by atoms with E-state index >= 15 is 0 Å². The van der Waals surface area contributed by atoms with Gasteiger partial charge in [-0.05, 0) is 32.9 Å². The van der Waals surface area contributed by atoms with Crippen molar-refractivity contribution in [2.24, 2.45) is 0 Å². The molecular formula is C14H13N5O3S. The molecule has 0 fully saturated rings. The van der Waals surface area contributed by atoms with Gasteiger partial charge < -0.3 is 0 Å². The van der Waals surface area contributed by atoms with Crippen molar-refractivity contribution >= 4 is 33.8 Å². The number of thiazole rings is 1. The molecule has 0 aliphatic carbocycles. The van der Waals surface area contributed by atoms with Gasteiger partial charge in [0.05, 0.1) is 10.6 Å². The van der Waals surface area contributed by atoms with Crippen molar-refractivity contribution in [3.63, 3.8) is 0 Å². The minimum Gasteiger partial charge on any atom is -0.289 e. The van der Waals surface area contributed by atoms with E-state index in [0.717, 1.165) is 10.6 Å². The molecular weight excluding hydrogens is 318 g/mol. The summed E-state index contributed by atoms with van der Waals surface area (Å²) in [6.45, 7) is 5.50. The Kier molecular flexibility index (Phi) is 3.57. The number of anilines is 1. The van der Waals surface area contributed by atoms with Gasteiger partial charge in [0.2, 0.25) is 4.96 Å². The van der Waals surface area contributed by atoms with E-state index in [2.05, 4.69) is 15.4 Å². The second-order valence-corrected chi connectivity index (χ2v) is 6.27. The van der Waals surface area contributed by atoms with Crippen molar-refractivity contribution in [2.75, 3.05) is 5.32 Å². The number of nitro benzene ring substituents is 1. The highest BCUT2D eigenvalue weighted by Crippen LogP contribution is 2.22. The second-order valence-electron chi connectivity index (χ2n) is 5.09. The molecule has 0 radical (unpaired) electrons. The van der Waals surface area contributed by atoms with Crippen LogP contribution in [0.5, 0.6) is 0 Å². The number of nitrogens with one attached hydrogen (secondary N) is 1. The lowest BCUT2D eigenvalue weighted by atomic mass is 10.1. The first-order chi connectivity index (χ1) is 10.9. The monoisotopic (exact) mass is 331 g/mol. The number of hydrogen-bond donors (Lipinski definition) is 1. The van der Waals surface area contributed by atoms with Crippen molar-refractivity contribution in [1.29, 1.82) is 0 Å². The average Bonchev–Trinajstić information content (AvgIpc) is 2.98. The molecule has 0 aliphatic heterocycles. The fourth-order valence-corrected chi connectivity index (χ4v) is 3.07. The summed E-state index contributed by atoms with van der Waals surface area (Å²) in [7, 11) is 0. The lowest BCUT2D eigenvalue weighted by Crippen LogP contribution is -2.13. The Bertz CT molecular complexity index is 943. The van der Waals surface area contributed by atoms with Crippen molar-refractivity contribution in [2.45, 2.75) is 20.8 Å². The molecule has 3 aromatic rings. The zero-order chi connectivity index (χ0) is 16.7. The highest BCUT2D eigenvalue weighted by atomic mass is 32.1. The number of rotatable bonds is 3. The topological polar surface area (TPSA) is 102 Å². The smallest absolute Gasteiger partial charge is 0.272 e. The quantitative estimate of drug-likeness (QED) is 0.587. The predicted octanol–water partition coefficient (Wildman–Crippen LogP) is 2.88. The summed E-state index contributed by atoms with van der Waals surface area (Å²) in [5, 5.41) is 17.7. The van der Waals surface area contributed by atoms with Gasteiger partial charge >= 0.3 is 0 Å². The second kappa shape index (κ2) is 5.43. The fourth-order valence-electron chi connectivity index (χ4n) is 2.17. The first-order valence-electron chi connectivity index (χ1n) is 6.76. The van der Waals surface area contributed by atoms with Gasteiger partial charge in [0.25, 0.3) is 17.5 Å². The number of hydrogen-bond acceptors (Lipinski definition) is 6. The van der Waals surface area contributed by atoms with Crippen LogP contribution in [0.15, 0.2) is 18.2 Å². The van der Waals surface area contributed by atoms with Crippen molar-refractivity contribution in [3.05, 3.63) is 50.0 Å². The number of aryl methyl sites for hydroxylation is 3. The molecule has 1 aromatic carbocycles. The largest absolute Gasteiger partial charge is 0.289 e. The molecule has 0 saturated heterocycles. The van der Waals surface area contributed by atoms with E-state index in [1.807, 2.05) is 13.8 Å². The van der Waals surface area contributed by atoms with E-state index in [1.165, 1.54) is 29.5 Å². The molecule has 0 aliphatic rings. The molecule has 1 N–H and O–H groups in total. The summed E-state index contributed by atoms with van der Waals surface area (Å²) in [5.74, 6) is -0.198. The van der Waals surface area contributed by atoms with Crippen LogP contribution in [-0.4, -0.2) is 25.4 Å². The van der Waals surface area contributed by atoms with Crippen molar-refractivity contribution in [1.82, 2.24) is 14.6 Å². The van der Waals surface area contributed by atoms with Crippen LogP contribution in [0.2, 0.25) is 0 Å². The molecule has 2 heterocycles. The van der Waals surface area contributed by atoms with Crippen molar-refractivity contribution < 1.29 is 9.72 Å². The van der Waals surface area contributed by atoms with Crippen LogP contribution < -0.4 is 5.32 Å². The van der Waals surface area contributed by atoms with Crippen LogP contribution in [0.1, 0.15) is 26.5 Å². The number of nitrogens with zero attached hydrogens (tertiary/aromatic N) is 4. The van der Waals surface area contributed by atoms with Gasteiger partial charge in [-0.25, -0.2) is 4.52 Å². The SMILES string of the molecule is Cc1cc(C(=O)Nc2nc3sc(C)c(C)n3n2)ccc1[N+](=O)[O-]. The maximum absolute atomic E-state index is 12.2. The number of carbonyl (C=O) groups is 1. The standard InChI is InChI=1S/C14H13N5O3S/c1-7-6-10(4-5-11(7)19(21)22)12(20)15-13-16-14-18(17-13)8(2)9(3)23-14/h4-6H,1-3H3,(H,15,17,20). The van der Waals surface area contributed by atoms with Gasteiger partial charge in [0, 0.05) is 22.1 Å². The Morgan fingerprint density at radius 3 is 2.70 bits per heavy atom. The summed E-state index contributed by atoms with van der Waals surface area (Å²) in [5.41, 5.74) is 1.70. The number of nitro groups is 1. The molecule has 9 heteroatoms. The fraction of sp³-hybridized carbons (Fsp3) is 0.214. The molecule has 0 atom stereocenters. The molecule has 118 valence electrons. The van der Waals surface area contributed by atoms with Crippen LogP contribution in [0.4, 0.5) is 11.6 Å². The normalized spacial score (nSPS) is 10.9. The minimum absolute atomic E-state index is 0.0201. The third-order valence-electron chi connectivity index (χ3n) is 3.53. The van der Waals surface area contributed by atoms with E-state index in [1.54, 1.807) is 11.4 Å². The number of benzene rings is 1. The predicted molar refractivity (Wildman–Crippen MR) is 86.1 cm³/mol. The van der Waals surface area contributed by atoms with Crippen LogP contribution in [0.25, 0.3) is 4.96 Å². The third-order valence-corrected chi connectivity index (χ3v) is 4.58. The lowest BCUT2D eigenvalue weighted by Gasteiger charge is -2.03. The highest BCUT2D eigenvalue weighted by molar-refractivity contribution is 7.17. The number of fused-ring (bicyclic) bond motifs is 1. The maximum Gasteiger partial charge on any atom is 0.272 e. The van der Waals surface area contributed by atoms with Crippen molar-refractivity contribution in [3.8, 4) is 0 Å². The Labute approximate surface area is 134 Å². The zero-order valence-corrected chi connectivity index (χ0v) is 13.5. The van der Waals surface area contributed by atoms with E-state index in [0.29, 0.717) is 16.1 Å². The molecule has 8 nitrogen and oxygen atoms in total. The first-order valence-corrected chi connectivity index (χ1v) is 7.57. The van der Waals surface area contributed by atoms with E-state index in [-0.39, 0.29) is 11.6 Å². The minimum atomic E-state index is -0.479. The summed E-state index contributed by atoms with van der Waals surface area (Å²) in [6.07, 6.45) is 0. The number of amides is 1. The molecule has 2 aromatic heterocycles. The van der Waals surface area contributed by atoms with Gasteiger partial charge in [0.15, 0.2) is 0 Å². The molecule has 0 bridgehead atoms. The third kappa shape index (κ3) is 2.66. The van der Waals surface area contributed by atoms with Gasteiger partial charge in [-0.2, -0.15) is 4.98 Å². The van der Waals surface area contributed by atoms with Gasteiger partial charge in [0.1, 0.15) is 0 Å². The molecule has 23 heavy (non-hydrogen) atoms. The maximum atomic E-state index is 12.2. The van der Waals surface area contributed by atoms with Crippen LogP contribution in [0, 0.1) is 30.9 Å². The van der Waals surface area contributed by atoms with Crippen LogP contribution >= 0.6 is 11.3 Å². The molecule has 3 rings (SSSR count). The Balaban J connectivity index is 1.85. The van der Waals surface area contributed by atoms with Gasteiger partial charge in [-0.15, -0.1) is 5.10 Å². The Morgan fingerprint density at radius 1 is 1.35 bits per heavy atom. The summed E-state index contributed by atoms with van der Waals surface area (Å²) >= 11 is 1.49. The van der Waals surface area contributed by atoms with E-state index in [9.17, 15) is 14.9 Å².